The first-order valence-electron chi connectivity index (χ1n) is 11.7. The van der Waals surface area contributed by atoms with Gasteiger partial charge < -0.3 is 20.0 Å². The minimum atomic E-state index is -1.02. The van der Waals surface area contributed by atoms with Crippen LogP contribution in [0.1, 0.15) is 55.1 Å². The minimum absolute atomic E-state index is 0.174. The molecule has 0 aliphatic heterocycles. The van der Waals surface area contributed by atoms with Crippen LogP contribution in [0.2, 0.25) is 0 Å². The Balaban J connectivity index is 1.69. The van der Waals surface area contributed by atoms with E-state index in [1.165, 1.54) is 6.92 Å². The van der Waals surface area contributed by atoms with Crippen LogP contribution in [0, 0.1) is 0 Å². The zero-order valence-corrected chi connectivity index (χ0v) is 21.1. The van der Waals surface area contributed by atoms with Gasteiger partial charge in [0.1, 0.15) is 11.3 Å². The molecule has 1 heterocycles. The average molecular weight is 538 g/mol. The number of amides is 3. The highest BCUT2D eigenvalue weighted by Crippen LogP contribution is 2.37. The first-order chi connectivity index (χ1) is 16.9. The van der Waals surface area contributed by atoms with Crippen LogP contribution in [-0.2, 0) is 16.1 Å². The van der Waals surface area contributed by atoms with E-state index in [-0.39, 0.29) is 24.3 Å². The number of hydrogen-bond donors (Lipinski definition) is 2. The molecule has 1 saturated carbocycles. The summed E-state index contributed by atoms with van der Waals surface area (Å²) >= 11 is 3.42. The predicted octanol–water partition coefficient (Wildman–Crippen LogP) is 5.98. The van der Waals surface area contributed by atoms with Crippen molar-refractivity contribution in [3.8, 4) is 0 Å². The first-order valence-corrected chi connectivity index (χ1v) is 12.5. The normalized spacial score (nSPS) is 14.7. The number of nitrogens with one attached hydrogen (secondary N) is 2. The summed E-state index contributed by atoms with van der Waals surface area (Å²) in [7, 11) is 0. The Bertz CT molecular complexity index is 1170. The molecule has 7 nitrogen and oxygen atoms in total. The Morgan fingerprint density at radius 3 is 2.14 bits per heavy atom. The van der Waals surface area contributed by atoms with Crippen molar-refractivity contribution >= 4 is 45.0 Å². The summed E-state index contributed by atoms with van der Waals surface area (Å²) in [5, 5.41) is 5.76. The number of carbonyl (C=O) groups is 3. The second-order valence-electron chi connectivity index (χ2n) is 8.78. The van der Waals surface area contributed by atoms with Crippen molar-refractivity contribution in [3.63, 3.8) is 0 Å². The Labute approximate surface area is 213 Å². The summed E-state index contributed by atoms with van der Waals surface area (Å²) in [6.07, 6.45) is 5.39. The van der Waals surface area contributed by atoms with Crippen molar-refractivity contribution in [2.75, 3.05) is 10.6 Å². The molecule has 1 fully saturated rings. The molecule has 1 aliphatic carbocycles. The van der Waals surface area contributed by atoms with Crippen molar-refractivity contribution in [2.24, 2.45) is 0 Å². The van der Waals surface area contributed by atoms with Gasteiger partial charge in [-0.05, 0) is 73.5 Å². The largest absolute Gasteiger partial charge is 0.467 e. The van der Waals surface area contributed by atoms with Crippen molar-refractivity contribution in [1.82, 2.24) is 4.90 Å². The van der Waals surface area contributed by atoms with Crippen LogP contribution >= 0.6 is 15.9 Å². The fraction of sp³-hybridized carbons (Fsp3) is 0.296. The van der Waals surface area contributed by atoms with Gasteiger partial charge >= 0.3 is 0 Å². The van der Waals surface area contributed by atoms with Gasteiger partial charge in [0, 0.05) is 28.3 Å². The highest BCUT2D eigenvalue weighted by Gasteiger charge is 2.47. The highest BCUT2D eigenvalue weighted by atomic mass is 79.9. The maximum Gasteiger partial charge on any atom is 0.255 e. The van der Waals surface area contributed by atoms with Crippen LogP contribution in [-0.4, -0.2) is 28.2 Å². The minimum Gasteiger partial charge on any atom is -0.467 e. The lowest BCUT2D eigenvalue weighted by Crippen LogP contribution is -2.59. The van der Waals surface area contributed by atoms with E-state index in [0.717, 1.165) is 23.7 Å². The fourth-order valence-corrected chi connectivity index (χ4v) is 4.83. The van der Waals surface area contributed by atoms with Crippen LogP contribution in [0.4, 0.5) is 11.4 Å². The van der Waals surface area contributed by atoms with Gasteiger partial charge in [-0.15, -0.1) is 0 Å². The van der Waals surface area contributed by atoms with E-state index in [4.69, 9.17) is 4.42 Å². The quantitative estimate of drug-likeness (QED) is 0.387. The lowest BCUT2D eigenvalue weighted by molar-refractivity contribution is -0.129. The van der Waals surface area contributed by atoms with E-state index in [1.54, 1.807) is 41.5 Å². The predicted molar refractivity (Wildman–Crippen MR) is 138 cm³/mol. The molecule has 4 rings (SSSR count). The molecule has 35 heavy (non-hydrogen) atoms. The third kappa shape index (κ3) is 5.82. The topological polar surface area (TPSA) is 91.7 Å². The van der Waals surface area contributed by atoms with Crippen molar-refractivity contribution in [2.45, 2.75) is 51.1 Å². The molecule has 3 amide bonds. The molecule has 8 heteroatoms. The summed E-state index contributed by atoms with van der Waals surface area (Å²) < 4.78 is 6.50. The van der Waals surface area contributed by atoms with Crippen molar-refractivity contribution in [1.29, 1.82) is 0 Å². The number of anilines is 2. The molecule has 0 atom stereocenters. The molecule has 0 spiro atoms. The van der Waals surface area contributed by atoms with Gasteiger partial charge in [0.2, 0.25) is 11.8 Å². The molecule has 0 bridgehead atoms. The lowest BCUT2D eigenvalue weighted by Gasteiger charge is -2.44. The van der Waals surface area contributed by atoms with Crippen LogP contribution in [0.5, 0.6) is 0 Å². The molecule has 2 aromatic carbocycles. The van der Waals surface area contributed by atoms with Gasteiger partial charge in [0.15, 0.2) is 0 Å². The number of rotatable bonds is 7. The third-order valence-corrected chi connectivity index (χ3v) is 6.84. The van der Waals surface area contributed by atoms with Crippen LogP contribution in [0.15, 0.2) is 75.8 Å². The molecule has 1 aliphatic rings. The zero-order chi connectivity index (χ0) is 24.8. The maximum absolute atomic E-state index is 13.9. The van der Waals surface area contributed by atoms with Gasteiger partial charge in [-0.1, -0.05) is 35.2 Å². The number of furan rings is 1. The third-order valence-electron chi connectivity index (χ3n) is 6.31. The molecule has 1 aromatic heterocycles. The summed E-state index contributed by atoms with van der Waals surface area (Å²) in [5.74, 6) is -0.0400. The first kappa shape index (κ1) is 24.7. The standard InChI is InChI=1S/C27H28BrN3O4/c1-19(32)29-22-11-7-20(8-12-22)25(33)31(18-24-6-5-17-35-24)27(15-3-2-4-16-27)26(34)30-23-13-9-21(28)10-14-23/h5-14,17H,2-4,15-16,18H2,1H3,(H,29,32)(H,30,34). The average Bonchev–Trinajstić information content (AvgIpc) is 3.37. The zero-order valence-electron chi connectivity index (χ0n) is 19.6. The number of carbonyl (C=O) groups excluding carboxylic acids is 3. The SMILES string of the molecule is CC(=O)Nc1ccc(C(=O)N(Cc2ccco2)C2(C(=O)Nc3ccc(Br)cc3)CCCCC2)cc1. The Kier molecular flexibility index (Phi) is 7.70. The van der Waals surface area contributed by atoms with Crippen molar-refractivity contribution < 1.29 is 18.8 Å². The molecular weight excluding hydrogens is 510 g/mol. The molecule has 0 unspecified atom stereocenters. The molecule has 0 radical (unpaired) electrons. The Morgan fingerprint density at radius 2 is 1.54 bits per heavy atom. The van der Waals surface area contributed by atoms with E-state index in [0.29, 0.717) is 35.5 Å². The molecule has 2 N–H and O–H groups in total. The molecule has 182 valence electrons. The number of halogens is 1. The lowest BCUT2D eigenvalue weighted by atomic mass is 9.78. The van der Waals surface area contributed by atoms with Gasteiger partial charge in [-0.25, -0.2) is 0 Å². The second kappa shape index (κ2) is 10.9. The van der Waals surface area contributed by atoms with Crippen LogP contribution in [0.3, 0.4) is 0 Å². The molecule has 3 aromatic rings. The van der Waals surface area contributed by atoms with E-state index >= 15 is 0 Å². The van der Waals surface area contributed by atoms with E-state index in [1.807, 2.05) is 30.3 Å². The van der Waals surface area contributed by atoms with Gasteiger partial charge in [-0.3, -0.25) is 14.4 Å². The van der Waals surface area contributed by atoms with Crippen LogP contribution in [0.25, 0.3) is 0 Å². The van der Waals surface area contributed by atoms with E-state index < -0.39 is 5.54 Å². The monoisotopic (exact) mass is 537 g/mol. The number of hydrogen-bond acceptors (Lipinski definition) is 4. The summed E-state index contributed by atoms with van der Waals surface area (Å²) in [6.45, 7) is 1.61. The highest BCUT2D eigenvalue weighted by molar-refractivity contribution is 9.10. The second-order valence-corrected chi connectivity index (χ2v) is 9.70. The van der Waals surface area contributed by atoms with Gasteiger partial charge in [-0.2, -0.15) is 0 Å². The summed E-state index contributed by atoms with van der Waals surface area (Å²) in [6, 6.07) is 17.7. The van der Waals surface area contributed by atoms with Crippen molar-refractivity contribution in [3.05, 3.63) is 82.7 Å². The maximum atomic E-state index is 13.9. The Hall–Kier alpha value is -3.39. The van der Waals surface area contributed by atoms with E-state index in [9.17, 15) is 14.4 Å². The number of nitrogens with zero attached hydrogens (tertiary/aromatic N) is 1. The summed E-state index contributed by atoms with van der Waals surface area (Å²) in [4.78, 5) is 40.8. The summed E-state index contributed by atoms with van der Waals surface area (Å²) in [5.41, 5.74) is 0.693. The fourth-order valence-electron chi connectivity index (χ4n) is 4.57. The smallest absolute Gasteiger partial charge is 0.255 e. The Morgan fingerprint density at radius 1 is 0.914 bits per heavy atom. The van der Waals surface area contributed by atoms with Crippen LogP contribution < -0.4 is 10.6 Å². The molecular formula is C27H28BrN3O4. The van der Waals surface area contributed by atoms with E-state index in [2.05, 4.69) is 26.6 Å². The van der Waals surface area contributed by atoms with Gasteiger partial charge in [0.25, 0.3) is 5.91 Å². The van der Waals surface area contributed by atoms with Gasteiger partial charge in [0.05, 0.1) is 12.8 Å². The molecule has 0 saturated heterocycles. The number of benzene rings is 2.